The van der Waals surface area contributed by atoms with Crippen LogP contribution in [0.4, 0.5) is 0 Å². The minimum atomic E-state index is 0. The third-order valence-corrected chi connectivity index (χ3v) is 2.03. The standard InChI is InChI=1S/C11H14N2.ClH/c12-9-5-4-8-11(13)10-6-2-1-3-7-10;/h1-3,6-7,11H,4-5,8,13H2;1H. The van der Waals surface area contributed by atoms with Gasteiger partial charge in [0.25, 0.3) is 0 Å². The highest BCUT2D eigenvalue weighted by atomic mass is 35.5. The van der Waals surface area contributed by atoms with E-state index in [1.807, 2.05) is 30.3 Å². The van der Waals surface area contributed by atoms with E-state index in [1.54, 1.807) is 0 Å². The Morgan fingerprint density at radius 2 is 1.93 bits per heavy atom. The van der Waals surface area contributed by atoms with Gasteiger partial charge in [-0.3, -0.25) is 0 Å². The Hall–Kier alpha value is -1.04. The Kier molecular flexibility index (Phi) is 6.82. The quantitative estimate of drug-likeness (QED) is 0.777. The van der Waals surface area contributed by atoms with Gasteiger partial charge in [-0.25, -0.2) is 0 Å². The van der Waals surface area contributed by atoms with Gasteiger partial charge in [-0.05, 0) is 18.4 Å². The van der Waals surface area contributed by atoms with Gasteiger partial charge in [0.2, 0.25) is 0 Å². The van der Waals surface area contributed by atoms with Crippen LogP contribution in [0.2, 0.25) is 0 Å². The first-order valence-electron chi connectivity index (χ1n) is 4.52. The van der Waals surface area contributed by atoms with Crippen LogP contribution in [0.5, 0.6) is 0 Å². The summed E-state index contributed by atoms with van der Waals surface area (Å²) in [6.07, 6.45) is 2.37. The molecule has 2 N–H and O–H groups in total. The van der Waals surface area contributed by atoms with Gasteiger partial charge in [0.05, 0.1) is 6.07 Å². The van der Waals surface area contributed by atoms with Crippen LogP contribution >= 0.6 is 12.4 Å². The minimum Gasteiger partial charge on any atom is -0.324 e. The van der Waals surface area contributed by atoms with Crippen LogP contribution in [0, 0.1) is 11.3 Å². The first-order chi connectivity index (χ1) is 6.34. The van der Waals surface area contributed by atoms with Gasteiger partial charge in [-0.1, -0.05) is 30.3 Å². The van der Waals surface area contributed by atoms with Crippen LogP contribution in [0.1, 0.15) is 30.9 Å². The van der Waals surface area contributed by atoms with Crippen LogP contribution in [-0.4, -0.2) is 0 Å². The number of nitriles is 1. The molecule has 2 nitrogen and oxygen atoms in total. The zero-order chi connectivity index (χ0) is 9.52. The molecule has 0 aliphatic heterocycles. The first-order valence-corrected chi connectivity index (χ1v) is 4.52. The lowest BCUT2D eigenvalue weighted by Crippen LogP contribution is -2.09. The maximum Gasteiger partial charge on any atom is 0.0621 e. The predicted molar refractivity (Wildman–Crippen MR) is 60.1 cm³/mol. The maximum absolute atomic E-state index is 8.36. The van der Waals surface area contributed by atoms with Crippen LogP contribution in [0.25, 0.3) is 0 Å². The van der Waals surface area contributed by atoms with E-state index >= 15 is 0 Å². The smallest absolute Gasteiger partial charge is 0.0621 e. The lowest BCUT2D eigenvalue weighted by atomic mass is 10.0. The van der Waals surface area contributed by atoms with Gasteiger partial charge in [0, 0.05) is 12.5 Å². The molecule has 14 heavy (non-hydrogen) atoms. The van der Waals surface area contributed by atoms with E-state index in [0.717, 1.165) is 18.4 Å². The summed E-state index contributed by atoms with van der Waals surface area (Å²) in [6.45, 7) is 0. The third-order valence-electron chi connectivity index (χ3n) is 2.03. The fraction of sp³-hybridized carbons (Fsp3) is 0.364. The van der Waals surface area contributed by atoms with Gasteiger partial charge in [-0.2, -0.15) is 5.26 Å². The number of benzene rings is 1. The number of hydrogen-bond donors (Lipinski definition) is 1. The number of halogens is 1. The number of unbranched alkanes of at least 4 members (excludes halogenated alkanes) is 1. The lowest BCUT2D eigenvalue weighted by molar-refractivity contribution is 0.619. The summed E-state index contributed by atoms with van der Waals surface area (Å²) < 4.78 is 0. The average molecular weight is 211 g/mol. The fourth-order valence-electron chi connectivity index (χ4n) is 1.27. The molecular weight excluding hydrogens is 196 g/mol. The zero-order valence-corrected chi connectivity index (χ0v) is 8.83. The number of rotatable bonds is 4. The molecular formula is C11H15ClN2. The first kappa shape index (κ1) is 13.0. The molecule has 0 saturated carbocycles. The van der Waals surface area contributed by atoms with Crippen LogP contribution in [0.3, 0.4) is 0 Å². The van der Waals surface area contributed by atoms with Crippen molar-refractivity contribution in [2.24, 2.45) is 5.73 Å². The Balaban J connectivity index is 0.00000169. The summed E-state index contributed by atoms with van der Waals surface area (Å²) in [4.78, 5) is 0. The minimum absolute atomic E-state index is 0. The molecule has 1 rings (SSSR count). The van der Waals surface area contributed by atoms with Crippen molar-refractivity contribution in [3.05, 3.63) is 35.9 Å². The van der Waals surface area contributed by atoms with Gasteiger partial charge in [0.15, 0.2) is 0 Å². The second kappa shape index (κ2) is 7.37. The van der Waals surface area contributed by atoms with Crippen molar-refractivity contribution in [2.45, 2.75) is 25.3 Å². The van der Waals surface area contributed by atoms with E-state index in [4.69, 9.17) is 11.0 Å². The van der Waals surface area contributed by atoms with E-state index in [1.165, 1.54) is 0 Å². The molecule has 0 saturated heterocycles. The molecule has 0 heterocycles. The van der Waals surface area contributed by atoms with E-state index in [9.17, 15) is 0 Å². The lowest BCUT2D eigenvalue weighted by Gasteiger charge is -2.09. The number of nitrogens with zero attached hydrogens (tertiary/aromatic N) is 1. The highest BCUT2D eigenvalue weighted by molar-refractivity contribution is 5.85. The van der Waals surface area contributed by atoms with Gasteiger partial charge >= 0.3 is 0 Å². The summed E-state index contributed by atoms with van der Waals surface area (Å²) in [5.74, 6) is 0. The largest absolute Gasteiger partial charge is 0.324 e. The van der Waals surface area contributed by atoms with Crippen molar-refractivity contribution in [3.8, 4) is 6.07 Å². The van der Waals surface area contributed by atoms with E-state index in [2.05, 4.69) is 6.07 Å². The van der Waals surface area contributed by atoms with Gasteiger partial charge in [0.1, 0.15) is 0 Å². The average Bonchev–Trinajstić information content (AvgIpc) is 2.19. The summed E-state index contributed by atoms with van der Waals surface area (Å²) >= 11 is 0. The molecule has 0 aliphatic rings. The molecule has 0 radical (unpaired) electrons. The molecule has 0 aromatic heterocycles. The monoisotopic (exact) mass is 210 g/mol. The molecule has 3 heteroatoms. The van der Waals surface area contributed by atoms with Crippen LogP contribution in [-0.2, 0) is 0 Å². The number of hydrogen-bond acceptors (Lipinski definition) is 2. The molecule has 1 atom stereocenters. The number of nitrogens with two attached hydrogens (primary N) is 1. The summed E-state index contributed by atoms with van der Waals surface area (Å²) in [6, 6.07) is 12.2. The molecule has 1 aromatic rings. The SMILES string of the molecule is Cl.N#CCCCC(N)c1ccccc1. The van der Waals surface area contributed by atoms with Crippen molar-refractivity contribution >= 4 is 12.4 Å². The van der Waals surface area contributed by atoms with E-state index < -0.39 is 0 Å². The highest BCUT2D eigenvalue weighted by Gasteiger charge is 2.03. The molecule has 0 aliphatic carbocycles. The molecule has 76 valence electrons. The Labute approximate surface area is 91.1 Å². The third kappa shape index (κ3) is 4.27. The fourth-order valence-corrected chi connectivity index (χ4v) is 1.27. The zero-order valence-electron chi connectivity index (χ0n) is 8.02. The van der Waals surface area contributed by atoms with Crippen molar-refractivity contribution < 1.29 is 0 Å². The van der Waals surface area contributed by atoms with E-state index in [-0.39, 0.29) is 18.4 Å². The molecule has 1 unspecified atom stereocenters. The summed E-state index contributed by atoms with van der Waals surface area (Å²) in [5, 5.41) is 8.36. The van der Waals surface area contributed by atoms with Crippen molar-refractivity contribution in [1.29, 1.82) is 5.26 Å². The van der Waals surface area contributed by atoms with Crippen molar-refractivity contribution in [2.75, 3.05) is 0 Å². The summed E-state index contributed by atoms with van der Waals surface area (Å²) in [5.41, 5.74) is 7.08. The molecule has 0 fully saturated rings. The van der Waals surface area contributed by atoms with E-state index in [0.29, 0.717) is 6.42 Å². The molecule has 0 bridgehead atoms. The Bertz CT molecular complexity index is 279. The maximum atomic E-state index is 8.36. The molecule has 1 aromatic carbocycles. The van der Waals surface area contributed by atoms with Crippen molar-refractivity contribution in [3.63, 3.8) is 0 Å². The van der Waals surface area contributed by atoms with Gasteiger partial charge < -0.3 is 5.73 Å². The van der Waals surface area contributed by atoms with Crippen molar-refractivity contribution in [1.82, 2.24) is 0 Å². The van der Waals surface area contributed by atoms with Crippen LogP contribution in [0.15, 0.2) is 30.3 Å². The Morgan fingerprint density at radius 3 is 2.50 bits per heavy atom. The Morgan fingerprint density at radius 1 is 1.29 bits per heavy atom. The van der Waals surface area contributed by atoms with Gasteiger partial charge in [-0.15, -0.1) is 12.4 Å². The molecule has 0 amide bonds. The highest BCUT2D eigenvalue weighted by Crippen LogP contribution is 2.15. The predicted octanol–water partition coefficient (Wildman–Crippen LogP) is 2.80. The second-order valence-corrected chi connectivity index (χ2v) is 3.07. The normalized spacial score (nSPS) is 11.1. The topological polar surface area (TPSA) is 49.8 Å². The molecule has 0 spiro atoms. The second-order valence-electron chi connectivity index (χ2n) is 3.07. The van der Waals surface area contributed by atoms with Crippen LogP contribution < -0.4 is 5.73 Å². The summed E-state index contributed by atoms with van der Waals surface area (Å²) in [7, 11) is 0.